The molecule has 3 rings (SSSR count). The summed E-state index contributed by atoms with van der Waals surface area (Å²) in [5.74, 6) is 2.31. The molecule has 210 valence electrons. The van der Waals surface area contributed by atoms with E-state index in [2.05, 4.69) is 29.5 Å². The summed E-state index contributed by atoms with van der Waals surface area (Å²) in [6.07, 6.45) is 1.08. The van der Waals surface area contributed by atoms with E-state index in [1.165, 1.54) is 11.1 Å². The van der Waals surface area contributed by atoms with Crippen molar-refractivity contribution >= 4 is 8.38 Å². The van der Waals surface area contributed by atoms with Crippen LogP contribution in [0.2, 0.25) is 0 Å². The molecule has 1 fully saturated rings. The van der Waals surface area contributed by atoms with Gasteiger partial charge in [0.1, 0.15) is 11.5 Å². The lowest BCUT2D eigenvalue weighted by molar-refractivity contribution is 0.148. The zero-order valence-electron chi connectivity index (χ0n) is 24.5. The van der Waals surface area contributed by atoms with Crippen LogP contribution in [-0.4, -0.2) is 60.9 Å². The van der Waals surface area contributed by atoms with Crippen LogP contribution in [0.25, 0.3) is 0 Å². The van der Waals surface area contributed by atoms with E-state index in [1.54, 1.807) is 0 Å². The van der Waals surface area contributed by atoms with Crippen molar-refractivity contribution in [1.29, 1.82) is 0 Å². The molecule has 6 nitrogen and oxygen atoms in total. The summed E-state index contributed by atoms with van der Waals surface area (Å²) in [6.45, 7) is 23.7. The van der Waals surface area contributed by atoms with Gasteiger partial charge in [-0.15, -0.1) is 0 Å². The molecule has 0 aliphatic carbocycles. The zero-order chi connectivity index (χ0) is 28.1. The molecule has 37 heavy (non-hydrogen) atoms. The second-order valence-corrected chi connectivity index (χ2v) is 9.23. The molecule has 1 N–H and O–H groups in total. The summed E-state index contributed by atoms with van der Waals surface area (Å²) in [7, 11) is 0.492. The van der Waals surface area contributed by atoms with Gasteiger partial charge in [0, 0.05) is 39.1 Å². The van der Waals surface area contributed by atoms with Crippen LogP contribution in [0.5, 0.6) is 11.5 Å². The van der Waals surface area contributed by atoms with Crippen LogP contribution in [0.4, 0.5) is 0 Å². The van der Waals surface area contributed by atoms with Gasteiger partial charge in [0.05, 0.1) is 12.4 Å². The molecule has 2 aromatic rings. The van der Waals surface area contributed by atoms with Crippen molar-refractivity contribution in [1.82, 2.24) is 9.80 Å². The minimum Gasteiger partial charge on any atom is -0.499 e. The molecular formula is C30H51N2O4P. The molecule has 1 heterocycles. The number of rotatable bonds is 10. The van der Waals surface area contributed by atoms with E-state index in [9.17, 15) is 4.89 Å². The van der Waals surface area contributed by atoms with E-state index >= 15 is 0 Å². The van der Waals surface area contributed by atoms with Crippen molar-refractivity contribution in [3.05, 3.63) is 72.0 Å². The van der Waals surface area contributed by atoms with Gasteiger partial charge in [-0.25, -0.2) is 0 Å². The van der Waals surface area contributed by atoms with Crippen LogP contribution in [0.15, 0.2) is 60.9 Å². The van der Waals surface area contributed by atoms with Gasteiger partial charge < -0.3 is 23.8 Å². The number of likely N-dealkylation sites (N-methyl/N-ethyl adjacent to an activating group) is 1. The Bertz CT molecular complexity index is 825. The second-order valence-electron chi connectivity index (χ2n) is 8.08. The summed E-state index contributed by atoms with van der Waals surface area (Å²) in [6, 6.07) is 15.7. The van der Waals surface area contributed by atoms with Crippen LogP contribution < -0.4 is 9.26 Å². The molecule has 1 unspecified atom stereocenters. The number of nitrogens with zero attached hydrogens (tertiary/aromatic N) is 2. The predicted octanol–water partition coefficient (Wildman–Crippen LogP) is 7.46. The maximum absolute atomic E-state index is 10.2. The largest absolute Gasteiger partial charge is 0.499 e. The van der Waals surface area contributed by atoms with Gasteiger partial charge in [0.15, 0.2) is 6.35 Å². The molecule has 0 saturated carbocycles. The minimum absolute atomic E-state index is 0.154. The standard InChI is InChI=1S/C20H27N2O3P.C6H12O.2C2H6/c1-17-6-8-19(9-7-17)24-16-26(23)25-20-5-3-4-18(14-20)15-22-12-10-21(2)11-13-22;1-4-6(3)7-5-2;2*1-2/h3-9,14,23H,10-13,15-16H2,1-2H3;3-5H2,1-2H3;2*1-2H3. The summed E-state index contributed by atoms with van der Waals surface area (Å²) in [5.41, 5.74) is 2.38. The van der Waals surface area contributed by atoms with Gasteiger partial charge in [-0.1, -0.05) is 71.0 Å². The molecule has 0 bridgehead atoms. The first-order chi connectivity index (χ1) is 17.9. The number of hydrogen-bond acceptors (Lipinski definition) is 6. The van der Waals surface area contributed by atoms with Gasteiger partial charge in [-0.2, -0.15) is 0 Å². The highest BCUT2D eigenvalue weighted by Gasteiger charge is 2.15. The van der Waals surface area contributed by atoms with Gasteiger partial charge in [0.2, 0.25) is 0 Å². The Kier molecular flexibility index (Phi) is 20.7. The number of ether oxygens (including phenoxy) is 2. The fraction of sp³-hybridized carbons (Fsp3) is 0.533. The monoisotopic (exact) mass is 534 g/mol. The van der Waals surface area contributed by atoms with Crippen molar-refractivity contribution in [3.63, 3.8) is 0 Å². The lowest BCUT2D eigenvalue weighted by Gasteiger charge is -2.32. The quantitative estimate of drug-likeness (QED) is 0.252. The van der Waals surface area contributed by atoms with Crippen LogP contribution in [0, 0.1) is 6.92 Å². The van der Waals surface area contributed by atoms with Crippen molar-refractivity contribution < 1.29 is 18.9 Å². The van der Waals surface area contributed by atoms with Gasteiger partial charge in [-0.3, -0.25) is 4.90 Å². The Hall–Kier alpha value is -2.11. The Morgan fingerprint density at radius 3 is 2.11 bits per heavy atom. The smallest absolute Gasteiger partial charge is 0.267 e. The van der Waals surface area contributed by atoms with Crippen LogP contribution >= 0.6 is 8.38 Å². The Morgan fingerprint density at radius 1 is 0.946 bits per heavy atom. The number of allylic oxidation sites excluding steroid dienone is 1. The molecule has 1 aliphatic heterocycles. The summed E-state index contributed by atoms with van der Waals surface area (Å²) in [5, 5.41) is 0. The van der Waals surface area contributed by atoms with E-state index in [1.807, 2.05) is 90.9 Å². The Morgan fingerprint density at radius 2 is 1.57 bits per heavy atom. The van der Waals surface area contributed by atoms with E-state index in [-0.39, 0.29) is 6.35 Å². The van der Waals surface area contributed by atoms with Crippen molar-refractivity contribution in [2.75, 3.05) is 46.2 Å². The minimum atomic E-state index is -1.67. The summed E-state index contributed by atoms with van der Waals surface area (Å²) < 4.78 is 16.3. The maximum atomic E-state index is 10.2. The molecule has 1 aliphatic rings. The van der Waals surface area contributed by atoms with Gasteiger partial charge >= 0.3 is 0 Å². The first-order valence-electron chi connectivity index (χ1n) is 13.5. The van der Waals surface area contributed by atoms with E-state index in [4.69, 9.17) is 14.0 Å². The highest BCUT2D eigenvalue weighted by atomic mass is 31.2. The highest BCUT2D eigenvalue weighted by Crippen LogP contribution is 2.34. The van der Waals surface area contributed by atoms with E-state index < -0.39 is 8.38 Å². The van der Waals surface area contributed by atoms with Gasteiger partial charge in [-0.05, 0) is 50.7 Å². The summed E-state index contributed by atoms with van der Waals surface area (Å²) >= 11 is 0. The number of hydrogen-bond donors (Lipinski definition) is 1. The highest BCUT2D eigenvalue weighted by molar-refractivity contribution is 7.46. The lowest BCUT2D eigenvalue weighted by atomic mass is 10.2. The normalized spacial score (nSPS) is 13.9. The number of benzene rings is 2. The summed E-state index contributed by atoms with van der Waals surface area (Å²) in [4.78, 5) is 15.0. The van der Waals surface area contributed by atoms with Crippen molar-refractivity contribution in [2.24, 2.45) is 0 Å². The third kappa shape index (κ3) is 16.4. The zero-order valence-corrected chi connectivity index (χ0v) is 25.4. The van der Waals surface area contributed by atoms with Crippen LogP contribution in [0.3, 0.4) is 0 Å². The fourth-order valence-corrected chi connectivity index (χ4v) is 3.85. The Balaban J connectivity index is 0.00000101. The van der Waals surface area contributed by atoms with E-state index in [0.29, 0.717) is 5.75 Å². The van der Waals surface area contributed by atoms with Crippen LogP contribution in [0.1, 0.15) is 59.1 Å². The Labute approximate surface area is 228 Å². The fourth-order valence-electron chi connectivity index (χ4n) is 3.18. The molecule has 1 saturated heterocycles. The molecule has 7 heteroatoms. The third-order valence-electron chi connectivity index (χ3n) is 5.22. The molecule has 0 aromatic heterocycles. The predicted molar refractivity (Wildman–Crippen MR) is 159 cm³/mol. The first-order valence-corrected chi connectivity index (χ1v) is 14.9. The number of aryl methyl sites for hydroxylation is 1. The molecule has 0 radical (unpaired) electrons. The molecule has 0 spiro atoms. The molecular weight excluding hydrogens is 483 g/mol. The lowest BCUT2D eigenvalue weighted by Crippen LogP contribution is -2.43. The maximum Gasteiger partial charge on any atom is 0.267 e. The van der Waals surface area contributed by atoms with Crippen molar-refractivity contribution in [2.45, 2.75) is 61.4 Å². The van der Waals surface area contributed by atoms with Crippen LogP contribution in [-0.2, 0) is 11.3 Å². The average Bonchev–Trinajstić information content (AvgIpc) is 2.93. The molecule has 0 amide bonds. The van der Waals surface area contributed by atoms with Gasteiger partial charge in [0.25, 0.3) is 8.38 Å². The first kappa shape index (κ1) is 34.9. The molecule has 2 aromatic carbocycles. The van der Waals surface area contributed by atoms with E-state index in [0.717, 1.165) is 57.3 Å². The SMILES string of the molecule is C=C(CC)OCC.CC.CC.Cc1ccc(OCP(O)Oc2cccc(CN3CCN(C)CC3)c2)cc1. The average molecular weight is 535 g/mol. The number of piperazine rings is 1. The molecule has 1 atom stereocenters. The second kappa shape index (κ2) is 21.9. The van der Waals surface area contributed by atoms with Crippen molar-refractivity contribution in [3.8, 4) is 11.5 Å². The topological polar surface area (TPSA) is 54.4 Å². The third-order valence-corrected chi connectivity index (χ3v) is 5.99.